The Morgan fingerprint density at radius 2 is 1.62 bits per heavy atom. The normalized spacial score (nSPS) is 15.4. The monoisotopic (exact) mass is 227 g/mol. The van der Waals surface area contributed by atoms with E-state index >= 15 is 0 Å². The number of nitrogens with one attached hydrogen (secondary N) is 1. The SMILES string of the molecule is CCCNCC(C)(CCC)CC(CC)CC. The van der Waals surface area contributed by atoms with Crippen LogP contribution < -0.4 is 5.32 Å². The van der Waals surface area contributed by atoms with Gasteiger partial charge >= 0.3 is 0 Å². The van der Waals surface area contributed by atoms with Crippen molar-refractivity contribution in [3.8, 4) is 0 Å². The number of hydrogen-bond donors (Lipinski definition) is 1. The maximum Gasteiger partial charge on any atom is 0.000526 e. The molecule has 0 aliphatic heterocycles. The van der Waals surface area contributed by atoms with Crippen molar-refractivity contribution in [2.24, 2.45) is 11.3 Å². The largest absolute Gasteiger partial charge is 0.316 e. The summed E-state index contributed by atoms with van der Waals surface area (Å²) in [5.41, 5.74) is 0.514. The summed E-state index contributed by atoms with van der Waals surface area (Å²) >= 11 is 0. The molecule has 1 heteroatoms. The highest BCUT2D eigenvalue weighted by molar-refractivity contribution is 4.79. The molecule has 0 aliphatic rings. The van der Waals surface area contributed by atoms with Gasteiger partial charge in [-0.2, -0.15) is 0 Å². The first-order chi connectivity index (χ1) is 7.61. The fraction of sp³-hybridized carbons (Fsp3) is 1.00. The standard InChI is InChI=1S/C15H33N/c1-6-10-15(5,13-16-11-7-2)12-14(8-3)9-4/h14,16H,6-13H2,1-5H3. The molecule has 1 nitrogen and oxygen atoms in total. The van der Waals surface area contributed by atoms with Crippen LogP contribution >= 0.6 is 0 Å². The van der Waals surface area contributed by atoms with Gasteiger partial charge in [-0.1, -0.05) is 53.9 Å². The molecule has 0 aliphatic carbocycles. The van der Waals surface area contributed by atoms with Crippen LogP contribution in [0.15, 0.2) is 0 Å². The van der Waals surface area contributed by atoms with Crippen molar-refractivity contribution in [1.82, 2.24) is 5.32 Å². The van der Waals surface area contributed by atoms with Crippen LogP contribution in [0.25, 0.3) is 0 Å². The van der Waals surface area contributed by atoms with Gasteiger partial charge in [-0.25, -0.2) is 0 Å². The van der Waals surface area contributed by atoms with Crippen LogP contribution in [0.2, 0.25) is 0 Å². The van der Waals surface area contributed by atoms with Crippen LogP contribution in [0.5, 0.6) is 0 Å². The summed E-state index contributed by atoms with van der Waals surface area (Å²) in [6, 6.07) is 0. The zero-order valence-electron chi connectivity index (χ0n) is 12.2. The lowest BCUT2D eigenvalue weighted by Crippen LogP contribution is -2.34. The van der Waals surface area contributed by atoms with E-state index in [4.69, 9.17) is 0 Å². The topological polar surface area (TPSA) is 12.0 Å². The smallest absolute Gasteiger partial charge is 0.000526 e. The van der Waals surface area contributed by atoms with Gasteiger partial charge in [-0.15, -0.1) is 0 Å². The maximum absolute atomic E-state index is 3.61. The van der Waals surface area contributed by atoms with E-state index < -0.39 is 0 Å². The Hall–Kier alpha value is -0.0400. The second kappa shape index (κ2) is 9.04. The van der Waals surface area contributed by atoms with Crippen molar-refractivity contribution < 1.29 is 0 Å². The molecule has 0 saturated heterocycles. The molecule has 0 bridgehead atoms. The van der Waals surface area contributed by atoms with Gasteiger partial charge in [0.05, 0.1) is 0 Å². The Labute approximate surface area is 103 Å². The van der Waals surface area contributed by atoms with Crippen molar-refractivity contribution in [3.63, 3.8) is 0 Å². The Bertz CT molecular complexity index is 152. The number of hydrogen-bond acceptors (Lipinski definition) is 1. The first-order valence-electron chi connectivity index (χ1n) is 7.32. The fourth-order valence-electron chi connectivity index (χ4n) is 2.71. The van der Waals surface area contributed by atoms with Crippen LogP contribution in [0.3, 0.4) is 0 Å². The molecule has 0 aromatic rings. The summed E-state index contributed by atoms with van der Waals surface area (Å²) in [4.78, 5) is 0. The van der Waals surface area contributed by atoms with Crippen molar-refractivity contribution in [2.45, 2.75) is 73.1 Å². The lowest BCUT2D eigenvalue weighted by Gasteiger charge is -2.33. The first kappa shape index (κ1) is 16.0. The van der Waals surface area contributed by atoms with E-state index in [0.29, 0.717) is 5.41 Å². The van der Waals surface area contributed by atoms with Gasteiger partial charge in [0.15, 0.2) is 0 Å². The van der Waals surface area contributed by atoms with E-state index in [2.05, 4.69) is 39.9 Å². The molecule has 0 heterocycles. The van der Waals surface area contributed by atoms with Gasteiger partial charge < -0.3 is 5.32 Å². The predicted molar refractivity (Wildman–Crippen MR) is 74.9 cm³/mol. The summed E-state index contributed by atoms with van der Waals surface area (Å²) in [7, 11) is 0. The van der Waals surface area contributed by atoms with Crippen LogP contribution in [-0.4, -0.2) is 13.1 Å². The second-order valence-electron chi connectivity index (χ2n) is 5.62. The van der Waals surface area contributed by atoms with Crippen molar-refractivity contribution in [3.05, 3.63) is 0 Å². The molecule has 1 N–H and O–H groups in total. The molecule has 1 atom stereocenters. The second-order valence-corrected chi connectivity index (χ2v) is 5.62. The molecule has 0 radical (unpaired) electrons. The third-order valence-electron chi connectivity index (χ3n) is 3.77. The van der Waals surface area contributed by atoms with Gasteiger partial charge in [-0.05, 0) is 37.1 Å². The van der Waals surface area contributed by atoms with Gasteiger partial charge in [-0.3, -0.25) is 0 Å². The van der Waals surface area contributed by atoms with Crippen LogP contribution in [0.1, 0.15) is 73.1 Å². The molecule has 0 amide bonds. The van der Waals surface area contributed by atoms with E-state index in [9.17, 15) is 0 Å². The molecule has 16 heavy (non-hydrogen) atoms. The lowest BCUT2D eigenvalue weighted by atomic mass is 9.76. The predicted octanol–water partition coefficient (Wildman–Crippen LogP) is 4.62. The molecular formula is C15H33N. The fourth-order valence-corrected chi connectivity index (χ4v) is 2.71. The third-order valence-corrected chi connectivity index (χ3v) is 3.77. The van der Waals surface area contributed by atoms with Gasteiger partial charge in [0.25, 0.3) is 0 Å². The summed E-state index contributed by atoms with van der Waals surface area (Å²) in [5.74, 6) is 0.917. The third kappa shape index (κ3) is 6.52. The summed E-state index contributed by atoms with van der Waals surface area (Å²) in [6.07, 6.45) is 7.98. The average Bonchev–Trinajstić information content (AvgIpc) is 2.27. The van der Waals surface area contributed by atoms with Gasteiger partial charge in [0.2, 0.25) is 0 Å². The Kier molecular flexibility index (Phi) is 9.02. The van der Waals surface area contributed by atoms with Crippen molar-refractivity contribution >= 4 is 0 Å². The molecule has 98 valence electrons. The van der Waals surface area contributed by atoms with E-state index in [-0.39, 0.29) is 0 Å². The Morgan fingerprint density at radius 1 is 1.00 bits per heavy atom. The minimum atomic E-state index is 0.514. The molecule has 0 fully saturated rings. The van der Waals surface area contributed by atoms with Crippen molar-refractivity contribution in [1.29, 1.82) is 0 Å². The summed E-state index contributed by atoms with van der Waals surface area (Å²) < 4.78 is 0. The van der Waals surface area contributed by atoms with E-state index in [1.165, 1.54) is 51.6 Å². The van der Waals surface area contributed by atoms with Crippen LogP contribution in [0.4, 0.5) is 0 Å². The Balaban J connectivity index is 4.18. The highest BCUT2D eigenvalue weighted by Gasteiger charge is 2.25. The van der Waals surface area contributed by atoms with Crippen LogP contribution in [-0.2, 0) is 0 Å². The average molecular weight is 227 g/mol. The van der Waals surface area contributed by atoms with Crippen LogP contribution in [0, 0.1) is 11.3 Å². The minimum absolute atomic E-state index is 0.514. The summed E-state index contributed by atoms with van der Waals surface area (Å²) in [5, 5.41) is 3.61. The molecular weight excluding hydrogens is 194 g/mol. The minimum Gasteiger partial charge on any atom is -0.316 e. The van der Waals surface area contributed by atoms with Gasteiger partial charge in [0, 0.05) is 6.54 Å². The lowest BCUT2D eigenvalue weighted by molar-refractivity contribution is 0.204. The van der Waals surface area contributed by atoms with Gasteiger partial charge in [0.1, 0.15) is 0 Å². The highest BCUT2D eigenvalue weighted by Crippen LogP contribution is 2.33. The zero-order chi connectivity index (χ0) is 12.4. The molecule has 0 aromatic heterocycles. The quantitative estimate of drug-likeness (QED) is 0.537. The summed E-state index contributed by atoms with van der Waals surface area (Å²) in [6.45, 7) is 14.1. The molecule has 0 spiro atoms. The maximum atomic E-state index is 3.61. The molecule has 0 saturated carbocycles. The number of rotatable bonds is 10. The van der Waals surface area contributed by atoms with E-state index in [1.54, 1.807) is 0 Å². The van der Waals surface area contributed by atoms with E-state index in [0.717, 1.165) is 5.92 Å². The van der Waals surface area contributed by atoms with E-state index in [1.807, 2.05) is 0 Å². The highest BCUT2D eigenvalue weighted by atomic mass is 14.9. The first-order valence-corrected chi connectivity index (χ1v) is 7.32. The molecule has 0 rings (SSSR count). The zero-order valence-corrected chi connectivity index (χ0v) is 12.2. The molecule has 1 unspecified atom stereocenters. The molecule has 0 aromatic carbocycles. The van der Waals surface area contributed by atoms with Crippen molar-refractivity contribution in [2.75, 3.05) is 13.1 Å². The Morgan fingerprint density at radius 3 is 2.06 bits per heavy atom.